The third-order valence-electron chi connectivity index (χ3n) is 2.37. The number of methoxy groups -OCH3 is 2. The first-order chi connectivity index (χ1) is 8.90. The number of benzene rings is 1. The molecule has 0 aromatic heterocycles. The van der Waals surface area contributed by atoms with Gasteiger partial charge in [0.15, 0.2) is 12.5 Å². The molecule has 2 atom stereocenters. The van der Waals surface area contributed by atoms with Crippen molar-refractivity contribution < 1.29 is 24.7 Å². The minimum absolute atomic E-state index is 0.143. The molecule has 0 aliphatic heterocycles. The summed E-state index contributed by atoms with van der Waals surface area (Å²) in [5, 5.41) is 12.7. The summed E-state index contributed by atoms with van der Waals surface area (Å²) in [5.74, 6) is -1.18. The summed E-state index contributed by atoms with van der Waals surface area (Å²) >= 11 is 5.50. The number of carbonyl (C=O) groups excluding carboxylic acids is 1. The lowest BCUT2D eigenvalue weighted by Gasteiger charge is -2.12. The number of nitrogens with two attached hydrogens (primary N) is 1. The molecule has 0 aliphatic rings. The number of quaternary nitrogens is 1. The molecule has 0 radical (unpaired) electrons. The Morgan fingerprint density at radius 3 is 1.89 bits per heavy atom. The fraction of sp³-hybridized carbons (Fsp3) is 0.462. The lowest BCUT2D eigenvalue weighted by atomic mass is 10.2. The van der Waals surface area contributed by atoms with E-state index >= 15 is 0 Å². The van der Waals surface area contributed by atoms with Crippen LogP contribution in [0.2, 0.25) is 5.02 Å². The number of aromatic carboxylic acids is 1. The molecule has 0 saturated heterocycles. The van der Waals surface area contributed by atoms with Crippen molar-refractivity contribution in [2.75, 3.05) is 14.2 Å². The van der Waals surface area contributed by atoms with Crippen LogP contribution in [0.5, 0.6) is 0 Å². The van der Waals surface area contributed by atoms with Gasteiger partial charge in [0.2, 0.25) is 0 Å². The number of carboxylic acids is 1. The van der Waals surface area contributed by atoms with E-state index in [-0.39, 0.29) is 18.0 Å². The van der Waals surface area contributed by atoms with Gasteiger partial charge in [-0.2, -0.15) is 0 Å². The first-order valence-corrected chi connectivity index (χ1v) is 6.16. The minimum Gasteiger partial charge on any atom is -0.545 e. The zero-order valence-corrected chi connectivity index (χ0v) is 12.3. The van der Waals surface area contributed by atoms with Crippen molar-refractivity contribution in [3.8, 4) is 0 Å². The standard InChI is InChI=1S/C7H5ClO2.C6H15NO2/c8-6-3-1-5(2-4-6)7(9)10;1-5(8-3)7-6(2)9-4/h1-4H,(H,9,10);5-7H,1-4H3. The van der Waals surface area contributed by atoms with Crippen LogP contribution in [0, 0.1) is 0 Å². The zero-order chi connectivity index (χ0) is 14.8. The Morgan fingerprint density at radius 2 is 1.58 bits per heavy atom. The van der Waals surface area contributed by atoms with Gasteiger partial charge in [-0.25, -0.2) is 0 Å². The maximum atomic E-state index is 10.2. The van der Waals surface area contributed by atoms with E-state index < -0.39 is 5.97 Å². The number of hydrogen-bond donors (Lipinski definition) is 1. The molecule has 0 saturated carbocycles. The molecule has 19 heavy (non-hydrogen) atoms. The third-order valence-corrected chi connectivity index (χ3v) is 2.62. The van der Waals surface area contributed by atoms with E-state index in [2.05, 4.69) is 0 Å². The van der Waals surface area contributed by atoms with E-state index in [1.54, 1.807) is 14.2 Å². The van der Waals surface area contributed by atoms with Gasteiger partial charge < -0.3 is 19.4 Å². The van der Waals surface area contributed by atoms with Crippen LogP contribution in [-0.2, 0) is 9.47 Å². The molecule has 1 rings (SSSR count). The fourth-order valence-electron chi connectivity index (χ4n) is 1.12. The summed E-state index contributed by atoms with van der Waals surface area (Å²) in [6, 6.07) is 5.81. The molecular formula is C13H20ClNO4. The van der Waals surface area contributed by atoms with Gasteiger partial charge >= 0.3 is 0 Å². The van der Waals surface area contributed by atoms with Gasteiger partial charge in [0, 0.05) is 33.1 Å². The largest absolute Gasteiger partial charge is 0.545 e. The lowest BCUT2D eigenvalue weighted by molar-refractivity contribution is -0.777. The maximum absolute atomic E-state index is 10.2. The van der Waals surface area contributed by atoms with Crippen molar-refractivity contribution in [3.63, 3.8) is 0 Å². The van der Waals surface area contributed by atoms with Gasteiger partial charge in [-0.05, 0) is 17.7 Å². The molecule has 6 heteroatoms. The first-order valence-electron chi connectivity index (χ1n) is 5.78. The predicted molar refractivity (Wildman–Crippen MR) is 70.6 cm³/mol. The molecule has 2 N–H and O–H groups in total. The molecule has 0 heterocycles. The second kappa shape index (κ2) is 9.75. The highest BCUT2D eigenvalue weighted by molar-refractivity contribution is 6.30. The summed E-state index contributed by atoms with van der Waals surface area (Å²) in [4.78, 5) is 10.2. The Morgan fingerprint density at radius 1 is 1.16 bits per heavy atom. The Kier molecular flexibility index (Phi) is 9.16. The Balaban J connectivity index is 0.000000344. The predicted octanol–water partition coefficient (Wildman–Crippen LogP) is 0.238. The summed E-state index contributed by atoms with van der Waals surface area (Å²) < 4.78 is 9.97. The van der Waals surface area contributed by atoms with Gasteiger partial charge in [-0.1, -0.05) is 23.7 Å². The maximum Gasteiger partial charge on any atom is 0.188 e. The van der Waals surface area contributed by atoms with Crippen LogP contribution in [0.3, 0.4) is 0 Å². The molecule has 0 spiro atoms. The van der Waals surface area contributed by atoms with E-state index in [0.29, 0.717) is 5.02 Å². The smallest absolute Gasteiger partial charge is 0.188 e. The van der Waals surface area contributed by atoms with E-state index in [1.165, 1.54) is 24.3 Å². The van der Waals surface area contributed by atoms with Crippen molar-refractivity contribution in [3.05, 3.63) is 34.9 Å². The number of ether oxygens (including phenoxy) is 2. The van der Waals surface area contributed by atoms with Crippen LogP contribution in [0.1, 0.15) is 24.2 Å². The molecule has 1 aromatic carbocycles. The number of halogens is 1. The normalized spacial score (nSPS) is 13.1. The molecular weight excluding hydrogens is 270 g/mol. The van der Waals surface area contributed by atoms with Gasteiger partial charge in [0.05, 0.1) is 5.97 Å². The topological polar surface area (TPSA) is 75.2 Å². The SMILES string of the molecule is COC(C)[NH2+]C(C)OC.O=C([O-])c1ccc(Cl)cc1. The highest BCUT2D eigenvalue weighted by Gasteiger charge is 2.06. The van der Waals surface area contributed by atoms with E-state index in [1.807, 2.05) is 19.2 Å². The molecule has 5 nitrogen and oxygen atoms in total. The molecule has 108 valence electrons. The summed E-state index contributed by atoms with van der Waals surface area (Å²) in [5.41, 5.74) is 0.143. The summed E-state index contributed by atoms with van der Waals surface area (Å²) in [7, 11) is 3.37. The van der Waals surface area contributed by atoms with Gasteiger partial charge in [-0.3, -0.25) is 5.32 Å². The van der Waals surface area contributed by atoms with Gasteiger partial charge in [0.1, 0.15) is 0 Å². The Hall–Kier alpha value is -1.14. The Bertz CT molecular complexity index is 361. The Labute approximate surface area is 118 Å². The molecule has 0 fully saturated rings. The van der Waals surface area contributed by atoms with Crippen molar-refractivity contribution in [1.82, 2.24) is 0 Å². The van der Waals surface area contributed by atoms with Crippen LogP contribution in [0.15, 0.2) is 24.3 Å². The van der Waals surface area contributed by atoms with Crippen LogP contribution < -0.4 is 10.4 Å². The summed E-state index contributed by atoms with van der Waals surface area (Å²) in [6.45, 7) is 3.96. The number of hydrogen-bond acceptors (Lipinski definition) is 4. The molecule has 0 amide bonds. The van der Waals surface area contributed by atoms with Gasteiger partial charge in [0.25, 0.3) is 0 Å². The lowest BCUT2D eigenvalue weighted by Crippen LogP contribution is -2.94. The first kappa shape index (κ1) is 17.9. The van der Waals surface area contributed by atoms with Crippen LogP contribution in [0.25, 0.3) is 0 Å². The van der Waals surface area contributed by atoms with Crippen LogP contribution in [-0.4, -0.2) is 32.6 Å². The van der Waals surface area contributed by atoms with E-state index in [9.17, 15) is 9.90 Å². The number of carbonyl (C=O) groups is 1. The number of carboxylic acid groups (broad SMARTS) is 1. The number of rotatable bonds is 5. The quantitative estimate of drug-likeness (QED) is 0.788. The van der Waals surface area contributed by atoms with Crippen LogP contribution in [0.4, 0.5) is 0 Å². The summed E-state index contributed by atoms with van der Waals surface area (Å²) in [6.07, 6.45) is 0.361. The third kappa shape index (κ3) is 8.56. The molecule has 2 unspecified atom stereocenters. The van der Waals surface area contributed by atoms with E-state index in [0.717, 1.165) is 0 Å². The minimum atomic E-state index is -1.18. The highest BCUT2D eigenvalue weighted by Crippen LogP contribution is 2.08. The van der Waals surface area contributed by atoms with Crippen molar-refractivity contribution in [1.29, 1.82) is 0 Å². The van der Waals surface area contributed by atoms with Crippen molar-refractivity contribution in [2.45, 2.75) is 26.3 Å². The second-order valence-corrected chi connectivity index (χ2v) is 4.30. The van der Waals surface area contributed by atoms with Crippen molar-refractivity contribution >= 4 is 17.6 Å². The van der Waals surface area contributed by atoms with E-state index in [4.69, 9.17) is 21.1 Å². The highest BCUT2D eigenvalue weighted by atomic mass is 35.5. The molecule has 0 bridgehead atoms. The average Bonchev–Trinajstić information content (AvgIpc) is 2.39. The molecule has 1 aromatic rings. The average molecular weight is 290 g/mol. The monoisotopic (exact) mass is 289 g/mol. The fourth-order valence-corrected chi connectivity index (χ4v) is 1.25. The second-order valence-electron chi connectivity index (χ2n) is 3.87. The van der Waals surface area contributed by atoms with Crippen molar-refractivity contribution in [2.24, 2.45) is 0 Å². The van der Waals surface area contributed by atoms with Crippen LogP contribution >= 0.6 is 11.6 Å². The zero-order valence-electron chi connectivity index (χ0n) is 11.6. The molecule has 0 aliphatic carbocycles. The van der Waals surface area contributed by atoms with Gasteiger partial charge in [-0.15, -0.1) is 0 Å².